The number of hydrogen-bond acceptors (Lipinski definition) is 7. The number of urea groups is 1. The van der Waals surface area contributed by atoms with Gasteiger partial charge in [-0.1, -0.05) is 61.7 Å². The average Bonchev–Trinajstić information content (AvgIpc) is 3.50. The summed E-state index contributed by atoms with van der Waals surface area (Å²) in [5.41, 5.74) is 7.59. The van der Waals surface area contributed by atoms with Crippen LogP contribution in [0.1, 0.15) is 62.0 Å². The smallest absolute Gasteiger partial charge is 0.335 e. The van der Waals surface area contributed by atoms with Crippen molar-refractivity contribution >= 4 is 22.5 Å². The van der Waals surface area contributed by atoms with Gasteiger partial charge in [0, 0.05) is 56.3 Å². The molecular weight excluding hydrogens is 544 g/mol. The van der Waals surface area contributed by atoms with Gasteiger partial charge in [-0.25, -0.2) is 14.8 Å². The molecule has 2 N–H and O–H groups in total. The van der Waals surface area contributed by atoms with Gasteiger partial charge in [0.2, 0.25) is 0 Å². The molecule has 2 saturated heterocycles. The SMILES string of the molecule is COc1cc(-c2csc(NC(=O)NN3CCN(C4CCCN(Cc5ccccc5)C4)CC3)n2)ccc1C1CCCCC1. The van der Waals surface area contributed by atoms with E-state index >= 15 is 0 Å². The molecule has 6 rings (SSSR count). The molecule has 1 atom stereocenters. The third-order valence-electron chi connectivity index (χ3n) is 9.12. The molecule has 1 saturated carbocycles. The highest BCUT2D eigenvalue weighted by Crippen LogP contribution is 2.39. The predicted molar refractivity (Wildman–Crippen MR) is 170 cm³/mol. The number of amides is 2. The van der Waals surface area contributed by atoms with Crippen molar-refractivity contribution in [1.82, 2.24) is 25.2 Å². The number of rotatable bonds is 8. The first-order valence-corrected chi connectivity index (χ1v) is 16.5. The number of hydrazine groups is 1. The maximum atomic E-state index is 12.8. The molecule has 1 aromatic heterocycles. The van der Waals surface area contributed by atoms with Crippen LogP contribution in [0.2, 0.25) is 0 Å². The van der Waals surface area contributed by atoms with Crippen LogP contribution < -0.4 is 15.5 Å². The van der Waals surface area contributed by atoms with Gasteiger partial charge in [-0.2, -0.15) is 0 Å². The van der Waals surface area contributed by atoms with E-state index in [9.17, 15) is 4.79 Å². The second kappa shape index (κ2) is 14.0. The predicted octanol–water partition coefficient (Wildman–Crippen LogP) is 6.19. The summed E-state index contributed by atoms with van der Waals surface area (Å²) in [6, 6.07) is 17.6. The van der Waals surface area contributed by atoms with Crippen LogP contribution in [-0.2, 0) is 6.54 Å². The molecule has 0 spiro atoms. The molecule has 42 heavy (non-hydrogen) atoms. The van der Waals surface area contributed by atoms with Crippen molar-refractivity contribution in [2.24, 2.45) is 0 Å². The lowest BCUT2D eigenvalue weighted by molar-refractivity contribution is 0.0382. The number of likely N-dealkylation sites (tertiary alicyclic amines) is 1. The molecule has 3 aliphatic rings. The maximum absolute atomic E-state index is 12.8. The Balaban J connectivity index is 0.970. The summed E-state index contributed by atoms with van der Waals surface area (Å²) >= 11 is 1.44. The van der Waals surface area contributed by atoms with Crippen LogP contribution in [-0.4, -0.2) is 78.2 Å². The van der Waals surface area contributed by atoms with Crippen LogP contribution in [0, 0.1) is 0 Å². The molecule has 3 fully saturated rings. The second-order valence-corrected chi connectivity index (χ2v) is 12.8. The Bertz CT molecular complexity index is 1300. The first-order chi connectivity index (χ1) is 20.6. The normalized spacial score (nSPS) is 21.2. The van der Waals surface area contributed by atoms with Crippen molar-refractivity contribution in [3.05, 3.63) is 65.0 Å². The van der Waals surface area contributed by atoms with E-state index in [-0.39, 0.29) is 6.03 Å². The monoisotopic (exact) mass is 588 g/mol. The highest BCUT2D eigenvalue weighted by atomic mass is 32.1. The van der Waals surface area contributed by atoms with Gasteiger partial charge in [0.05, 0.1) is 12.8 Å². The molecule has 0 radical (unpaired) electrons. The number of carbonyl (C=O) groups excluding carboxylic acids is 1. The maximum Gasteiger partial charge on any atom is 0.335 e. The number of thiazole rings is 1. The molecule has 3 aromatic rings. The van der Waals surface area contributed by atoms with Gasteiger partial charge < -0.3 is 4.74 Å². The number of nitrogens with one attached hydrogen (secondary N) is 2. The van der Waals surface area contributed by atoms with Crippen LogP contribution >= 0.6 is 11.3 Å². The van der Waals surface area contributed by atoms with Crippen LogP contribution in [0.25, 0.3) is 11.3 Å². The van der Waals surface area contributed by atoms with Gasteiger partial charge in [0.15, 0.2) is 5.13 Å². The molecular formula is C33H44N6O2S. The lowest BCUT2D eigenvalue weighted by Crippen LogP contribution is -2.58. The standard InChI is InChI=1S/C33H44N6O2S/c1-41-31-21-27(14-15-29(31)26-11-6-3-7-12-26)30-24-42-33(34-30)35-32(40)36-39-19-17-38(18-20-39)28-13-8-16-37(23-28)22-25-9-4-2-5-10-25/h2,4-5,9-10,14-15,21,24,26,28H,3,6-8,11-13,16-20,22-23H2,1H3,(H2,34,35,36,40). The lowest BCUT2D eigenvalue weighted by Gasteiger charge is -2.43. The number of anilines is 1. The number of carbonyl (C=O) groups is 1. The molecule has 9 heteroatoms. The Hall–Kier alpha value is -2.98. The third kappa shape index (κ3) is 7.32. The Morgan fingerprint density at radius 2 is 1.79 bits per heavy atom. The zero-order valence-electron chi connectivity index (χ0n) is 24.8. The molecule has 1 unspecified atom stereocenters. The number of ether oxygens (including phenoxy) is 1. The molecule has 1 aliphatic carbocycles. The molecule has 3 heterocycles. The fraction of sp³-hybridized carbons (Fsp3) is 0.515. The summed E-state index contributed by atoms with van der Waals surface area (Å²) in [5, 5.41) is 7.56. The Morgan fingerprint density at radius 3 is 2.57 bits per heavy atom. The van der Waals surface area contributed by atoms with E-state index in [0.29, 0.717) is 17.1 Å². The van der Waals surface area contributed by atoms with Crippen molar-refractivity contribution in [2.45, 2.75) is 63.5 Å². The summed E-state index contributed by atoms with van der Waals surface area (Å²) in [7, 11) is 1.75. The summed E-state index contributed by atoms with van der Waals surface area (Å²) < 4.78 is 5.78. The molecule has 2 amide bonds. The average molecular weight is 589 g/mol. The Labute approximate surface area is 254 Å². The fourth-order valence-corrected chi connectivity index (χ4v) is 7.58. The van der Waals surface area contributed by atoms with Gasteiger partial charge >= 0.3 is 6.03 Å². The minimum atomic E-state index is -0.235. The highest BCUT2D eigenvalue weighted by Gasteiger charge is 2.28. The first kappa shape index (κ1) is 29.1. The van der Waals surface area contributed by atoms with Gasteiger partial charge in [-0.3, -0.25) is 20.5 Å². The third-order valence-corrected chi connectivity index (χ3v) is 9.88. The van der Waals surface area contributed by atoms with E-state index in [4.69, 9.17) is 9.72 Å². The summed E-state index contributed by atoms with van der Waals surface area (Å²) in [6.45, 7) is 6.87. The summed E-state index contributed by atoms with van der Waals surface area (Å²) in [6.07, 6.45) is 8.89. The molecule has 2 aromatic carbocycles. The molecule has 0 bridgehead atoms. The first-order valence-electron chi connectivity index (χ1n) is 15.6. The van der Waals surface area contributed by atoms with Crippen LogP contribution in [0.5, 0.6) is 5.75 Å². The van der Waals surface area contributed by atoms with E-state index in [1.807, 2.05) is 10.4 Å². The van der Waals surface area contributed by atoms with Crippen molar-refractivity contribution in [1.29, 1.82) is 0 Å². The van der Waals surface area contributed by atoms with Gasteiger partial charge in [0.1, 0.15) is 5.75 Å². The van der Waals surface area contributed by atoms with E-state index in [0.717, 1.165) is 56.3 Å². The topological polar surface area (TPSA) is 73.0 Å². The van der Waals surface area contributed by atoms with E-state index in [2.05, 4.69) is 69.1 Å². The van der Waals surface area contributed by atoms with Crippen molar-refractivity contribution in [2.75, 3.05) is 51.7 Å². The molecule has 2 aliphatic heterocycles. The van der Waals surface area contributed by atoms with E-state index in [1.54, 1.807) is 7.11 Å². The summed E-state index contributed by atoms with van der Waals surface area (Å²) in [4.78, 5) is 22.7. The number of hydrogen-bond donors (Lipinski definition) is 2. The summed E-state index contributed by atoms with van der Waals surface area (Å²) in [5.74, 6) is 1.52. The van der Waals surface area contributed by atoms with Gasteiger partial charge in [-0.05, 0) is 55.3 Å². The van der Waals surface area contributed by atoms with Gasteiger partial charge in [0.25, 0.3) is 0 Å². The number of piperidine rings is 1. The van der Waals surface area contributed by atoms with Gasteiger partial charge in [-0.15, -0.1) is 11.3 Å². The van der Waals surface area contributed by atoms with E-state index in [1.165, 1.54) is 74.0 Å². The highest BCUT2D eigenvalue weighted by molar-refractivity contribution is 7.14. The van der Waals surface area contributed by atoms with Crippen LogP contribution in [0.4, 0.5) is 9.93 Å². The fourth-order valence-electron chi connectivity index (χ4n) is 6.87. The number of methoxy groups -OCH3 is 1. The second-order valence-electron chi connectivity index (χ2n) is 11.9. The number of benzene rings is 2. The van der Waals surface area contributed by atoms with Crippen molar-refractivity contribution < 1.29 is 9.53 Å². The number of nitrogens with zero attached hydrogens (tertiary/aromatic N) is 4. The minimum absolute atomic E-state index is 0.235. The number of aromatic nitrogens is 1. The number of piperazine rings is 1. The largest absolute Gasteiger partial charge is 0.496 e. The quantitative estimate of drug-likeness (QED) is 0.327. The lowest BCUT2D eigenvalue weighted by atomic mass is 9.83. The van der Waals surface area contributed by atoms with E-state index < -0.39 is 0 Å². The molecule has 224 valence electrons. The van der Waals surface area contributed by atoms with Crippen LogP contribution in [0.15, 0.2) is 53.9 Å². The van der Waals surface area contributed by atoms with Crippen molar-refractivity contribution in [3.8, 4) is 17.0 Å². The molecule has 8 nitrogen and oxygen atoms in total. The van der Waals surface area contributed by atoms with Crippen LogP contribution in [0.3, 0.4) is 0 Å². The zero-order valence-corrected chi connectivity index (χ0v) is 25.6. The Morgan fingerprint density at radius 1 is 0.976 bits per heavy atom. The zero-order chi connectivity index (χ0) is 28.7. The van der Waals surface area contributed by atoms with Crippen molar-refractivity contribution in [3.63, 3.8) is 0 Å². The Kier molecular flexibility index (Phi) is 9.70. The minimum Gasteiger partial charge on any atom is -0.496 e.